The molecular formula is C5H12N2O2. The minimum atomic E-state index is -0.629. The van der Waals surface area contributed by atoms with Crippen molar-refractivity contribution in [2.45, 2.75) is 0 Å². The van der Waals surface area contributed by atoms with Crippen molar-refractivity contribution in [1.29, 1.82) is 1.43 Å². The van der Waals surface area contributed by atoms with Crippen molar-refractivity contribution in [3.05, 3.63) is 0 Å². The first kappa shape index (κ1) is 6.35. The van der Waals surface area contributed by atoms with Gasteiger partial charge in [-0.3, -0.25) is 0 Å². The fraction of sp³-hybridized carbons (Fsp3) is 0.800. The number of nitrogens with zero attached hydrogens (tertiary/aromatic N) is 1. The van der Waals surface area contributed by atoms with Gasteiger partial charge in [0.2, 0.25) is 0 Å². The van der Waals surface area contributed by atoms with Gasteiger partial charge in [0.05, 0.1) is 0 Å². The number of hydrogen-bond donors (Lipinski definition) is 2. The zero-order valence-electron chi connectivity index (χ0n) is 6.68. The fourth-order valence-electron chi connectivity index (χ4n) is 0.371. The van der Waals surface area contributed by atoms with E-state index in [0.29, 0.717) is 13.1 Å². The van der Waals surface area contributed by atoms with Crippen molar-refractivity contribution in [3.8, 4) is 0 Å². The SMILES string of the molecule is [2H]OC(=O)N(C)CCNC. The normalized spacial score (nSPS) is 10.2. The van der Waals surface area contributed by atoms with E-state index in [0.717, 1.165) is 0 Å². The van der Waals surface area contributed by atoms with Gasteiger partial charge in [0.15, 0.2) is 0 Å². The summed E-state index contributed by atoms with van der Waals surface area (Å²) in [5.41, 5.74) is 0. The van der Waals surface area contributed by atoms with Crippen molar-refractivity contribution < 1.29 is 9.90 Å². The standard InChI is InChI=1S/C5H12N2O2/c1-6-3-4-7(2)5(8)9/h6H,3-4H2,1-2H3,(H,8,9)/i/hD. The van der Waals surface area contributed by atoms with E-state index in [4.69, 9.17) is 1.43 Å². The molecular weight excluding hydrogens is 120 g/mol. The summed E-state index contributed by atoms with van der Waals surface area (Å²) >= 11 is 0. The average Bonchev–Trinajstić information content (AvgIpc) is 1.98. The molecule has 0 aromatic carbocycles. The Bertz CT molecular complexity index is 110. The Morgan fingerprint density at radius 1 is 2.00 bits per heavy atom. The van der Waals surface area contributed by atoms with Crippen LogP contribution in [0.5, 0.6) is 0 Å². The number of carboxylic acid groups (broad SMARTS) is 1. The van der Waals surface area contributed by atoms with Crippen LogP contribution in [0.25, 0.3) is 1.43 Å². The molecule has 4 heteroatoms. The van der Waals surface area contributed by atoms with Crippen molar-refractivity contribution in [3.63, 3.8) is 0 Å². The van der Waals surface area contributed by atoms with E-state index in [1.165, 1.54) is 4.90 Å². The van der Waals surface area contributed by atoms with Gasteiger partial charge in [-0.2, -0.15) is 0 Å². The molecule has 0 fully saturated rings. The number of nitrogens with one attached hydrogen (secondary N) is 1. The molecule has 9 heavy (non-hydrogen) atoms. The summed E-state index contributed by atoms with van der Waals surface area (Å²) in [6.45, 7) is 1.25. The number of amides is 1. The van der Waals surface area contributed by atoms with Crippen molar-refractivity contribution in [2.24, 2.45) is 0 Å². The molecule has 0 heterocycles. The smallest absolute Gasteiger partial charge is 0.407 e. The first-order valence-corrected chi connectivity index (χ1v) is 2.75. The minimum absolute atomic E-state index is 0.550. The molecule has 0 aromatic heterocycles. The second kappa shape index (κ2) is 4.14. The van der Waals surface area contributed by atoms with E-state index in [1.54, 1.807) is 14.1 Å². The highest BCUT2D eigenvalue weighted by molar-refractivity contribution is 5.64. The van der Waals surface area contributed by atoms with E-state index in [1.807, 2.05) is 0 Å². The van der Waals surface area contributed by atoms with Crippen LogP contribution in [0.15, 0.2) is 0 Å². The third-order valence-electron chi connectivity index (χ3n) is 1.01. The van der Waals surface area contributed by atoms with Crippen molar-refractivity contribution in [1.82, 2.24) is 10.2 Å². The maximum Gasteiger partial charge on any atom is 0.407 e. The van der Waals surface area contributed by atoms with E-state index in [2.05, 4.69) is 10.4 Å². The molecule has 0 bridgehead atoms. The highest BCUT2D eigenvalue weighted by atomic mass is 16.4. The molecule has 0 radical (unpaired) electrons. The van der Waals surface area contributed by atoms with E-state index in [9.17, 15) is 4.79 Å². The van der Waals surface area contributed by atoms with Crippen molar-refractivity contribution >= 4 is 6.09 Å². The zero-order chi connectivity index (χ0) is 7.98. The van der Waals surface area contributed by atoms with Gasteiger partial charge in [-0.15, -0.1) is 0 Å². The Labute approximate surface area is 56.0 Å². The second-order valence-electron chi connectivity index (χ2n) is 1.79. The average molecular weight is 133 g/mol. The lowest BCUT2D eigenvalue weighted by Crippen LogP contribution is -2.31. The first-order chi connectivity index (χ1) is 4.72. The summed E-state index contributed by atoms with van der Waals surface area (Å²) in [5.74, 6) is 0. The van der Waals surface area contributed by atoms with Crippen molar-refractivity contribution in [2.75, 3.05) is 27.2 Å². The van der Waals surface area contributed by atoms with Crippen LogP contribution in [0, 0.1) is 0 Å². The Balaban J connectivity index is 3.41. The topological polar surface area (TPSA) is 52.6 Å². The quantitative estimate of drug-likeness (QED) is 0.561. The molecule has 0 spiro atoms. The number of hydrogen-bond acceptors (Lipinski definition) is 3. The summed E-state index contributed by atoms with van der Waals surface area (Å²) in [6.07, 6.45) is -0.629. The van der Waals surface area contributed by atoms with Crippen LogP contribution in [-0.4, -0.2) is 43.3 Å². The number of carbonyl (C=O) groups is 1. The molecule has 2 N–H and O–H groups in total. The molecule has 0 atom stereocenters. The highest BCUT2D eigenvalue weighted by Crippen LogP contribution is 1.79. The van der Waals surface area contributed by atoms with Crippen LogP contribution < -0.4 is 5.32 Å². The molecule has 54 valence electrons. The van der Waals surface area contributed by atoms with E-state index in [-0.39, 0.29) is 0 Å². The predicted molar refractivity (Wildman–Crippen MR) is 34.6 cm³/mol. The summed E-state index contributed by atoms with van der Waals surface area (Å²) < 4.78 is 6.26. The third kappa shape index (κ3) is 3.78. The van der Waals surface area contributed by atoms with Gasteiger partial charge < -0.3 is 15.3 Å². The van der Waals surface area contributed by atoms with Gasteiger partial charge in [-0.1, -0.05) is 0 Å². The lowest BCUT2D eigenvalue weighted by atomic mass is 10.6. The fourth-order valence-corrected chi connectivity index (χ4v) is 0.371. The van der Waals surface area contributed by atoms with Crippen LogP contribution >= 0.6 is 0 Å². The molecule has 0 aromatic rings. The summed E-state index contributed by atoms with van der Waals surface area (Å²) in [4.78, 5) is 11.8. The molecule has 0 aliphatic heterocycles. The van der Waals surface area contributed by atoms with Gasteiger partial charge in [0.1, 0.15) is 0 Å². The predicted octanol–water partition coefficient (Wildman–Crippen LogP) is -0.184. The highest BCUT2D eigenvalue weighted by Gasteiger charge is 2.01. The van der Waals surface area contributed by atoms with Crippen LogP contribution in [0.3, 0.4) is 0 Å². The lowest BCUT2D eigenvalue weighted by Gasteiger charge is -2.10. The molecule has 0 saturated carbocycles. The van der Waals surface area contributed by atoms with E-state index < -0.39 is 6.09 Å². The Kier molecular flexibility index (Phi) is 2.92. The van der Waals surface area contributed by atoms with Crippen LogP contribution in [0.2, 0.25) is 0 Å². The minimum Gasteiger partial charge on any atom is -0.465 e. The third-order valence-corrected chi connectivity index (χ3v) is 1.01. The molecule has 0 aliphatic rings. The number of likely N-dealkylation sites (N-methyl/N-ethyl adjacent to an activating group) is 2. The monoisotopic (exact) mass is 133 g/mol. The first-order valence-electron chi connectivity index (χ1n) is 3.16. The van der Waals surface area contributed by atoms with Crippen LogP contribution in [-0.2, 0) is 0 Å². The maximum absolute atomic E-state index is 10.5. The lowest BCUT2D eigenvalue weighted by molar-refractivity contribution is 0.156. The van der Waals surface area contributed by atoms with Gasteiger partial charge in [-0.05, 0) is 7.05 Å². The van der Waals surface area contributed by atoms with Crippen LogP contribution in [0.4, 0.5) is 4.79 Å². The summed E-state index contributed by atoms with van der Waals surface area (Å²) in [6, 6.07) is 0. The molecule has 0 rings (SSSR count). The van der Waals surface area contributed by atoms with E-state index >= 15 is 0 Å². The second-order valence-corrected chi connectivity index (χ2v) is 1.79. The van der Waals surface area contributed by atoms with Gasteiger partial charge in [0.25, 0.3) is 1.43 Å². The molecule has 0 saturated heterocycles. The number of rotatable bonds is 3. The molecule has 0 aliphatic carbocycles. The molecule has 0 unspecified atom stereocenters. The Morgan fingerprint density at radius 2 is 2.67 bits per heavy atom. The van der Waals surface area contributed by atoms with Gasteiger partial charge >= 0.3 is 6.09 Å². The molecule has 1 amide bonds. The van der Waals surface area contributed by atoms with Crippen LogP contribution in [0.1, 0.15) is 0 Å². The van der Waals surface area contributed by atoms with Gasteiger partial charge in [0, 0.05) is 20.1 Å². The largest absolute Gasteiger partial charge is 0.465 e. The van der Waals surface area contributed by atoms with Gasteiger partial charge in [-0.25, -0.2) is 4.79 Å². The Morgan fingerprint density at radius 3 is 3.11 bits per heavy atom. The summed E-state index contributed by atoms with van der Waals surface area (Å²) in [5, 5.41) is 6.59. The maximum atomic E-state index is 10.5. The Hall–Kier alpha value is -0.770. The summed E-state index contributed by atoms with van der Waals surface area (Å²) in [7, 11) is 3.37. The zero-order valence-corrected chi connectivity index (χ0v) is 5.68. The molecule has 4 nitrogen and oxygen atoms in total.